The second-order valence-electron chi connectivity index (χ2n) is 3.06. The van der Waals surface area contributed by atoms with Crippen LogP contribution < -0.4 is 5.32 Å². The minimum absolute atomic E-state index is 0.0691. The van der Waals surface area contributed by atoms with Gasteiger partial charge >= 0.3 is 0 Å². The van der Waals surface area contributed by atoms with Crippen molar-refractivity contribution >= 4 is 21.8 Å². The van der Waals surface area contributed by atoms with E-state index in [9.17, 15) is 4.79 Å². The van der Waals surface area contributed by atoms with Crippen molar-refractivity contribution in [1.29, 1.82) is 5.26 Å². The minimum atomic E-state index is -0.213. The Morgan fingerprint density at radius 1 is 1.40 bits per heavy atom. The van der Waals surface area contributed by atoms with Gasteiger partial charge < -0.3 is 5.32 Å². The summed E-state index contributed by atoms with van der Waals surface area (Å²) in [6.07, 6.45) is 0.713. The molecule has 1 rings (SSSR count). The van der Waals surface area contributed by atoms with Gasteiger partial charge in [-0.1, -0.05) is 28.1 Å². The molecule has 1 N–H and O–H groups in total. The zero-order chi connectivity index (χ0) is 11.1. The number of hydrogen-bond donors (Lipinski definition) is 1. The van der Waals surface area contributed by atoms with Gasteiger partial charge in [-0.2, -0.15) is 5.26 Å². The van der Waals surface area contributed by atoms with Crippen molar-refractivity contribution in [2.24, 2.45) is 0 Å². The molecule has 0 aliphatic rings. The van der Waals surface area contributed by atoms with Gasteiger partial charge in [-0.05, 0) is 24.1 Å². The van der Waals surface area contributed by atoms with Crippen LogP contribution in [0.2, 0.25) is 0 Å². The van der Waals surface area contributed by atoms with Gasteiger partial charge in [0.05, 0.1) is 6.07 Å². The van der Waals surface area contributed by atoms with E-state index in [0.29, 0.717) is 6.54 Å². The summed E-state index contributed by atoms with van der Waals surface area (Å²) in [6, 6.07) is 9.74. The fraction of sp³-hybridized carbons (Fsp3) is 0.273. The molecule has 0 bridgehead atoms. The van der Waals surface area contributed by atoms with Crippen molar-refractivity contribution in [1.82, 2.24) is 5.32 Å². The fourth-order valence-corrected chi connectivity index (χ4v) is 1.40. The Labute approximate surface area is 97.2 Å². The summed E-state index contributed by atoms with van der Waals surface area (Å²) >= 11 is 3.35. The van der Waals surface area contributed by atoms with Gasteiger partial charge in [-0.25, -0.2) is 0 Å². The quantitative estimate of drug-likeness (QED) is 0.907. The Balaban J connectivity index is 2.29. The number of nitriles is 1. The molecule has 0 aromatic heterocycles. The molecule has 1 aromatic carbocycles. The van der Waals surface area contributed by atoms with Crippen LogP contribution in [0.15, 0.2) is 28.7 Å². The van der Waals surface area contributed by atoms with E-state index >= 15 is 0 Å². The van der Waals surface area contributed by atoms with Crippen LogP contribution in [-0.4, -0.2) is 12.5 Å². The summed E-state index contributed by atoms with van der Waals surface area (Å²) in [5.41, 5.74) is 1.16. The van der Waals surface area contributed by atoms with E-state index in [0.717, 1.165) is 16.5 Å². The Kier molecular flexibility index (Phi) is 4.85. The lowest BCUT2D eigenvalue weighted by Crippen LogP contribution is -2.24. The predicted molar refractivity (Wildman–Crippen MR) is 61.1 cm³/mol. The number of carbonyl (C=O) groups is 1. The summed E-state index contributed by atoms with van der Waals surface area (Å²) in [5.74, 6) is -0.213. The van der Waals surface area contributed by atoms with E-state index in [1.165, 1.54) is 0 Å². The Bertz CT molecular complexity index is 367. The van der Waals surface area contributed by atoms with Crippen molar-refractivity contribution in [3.63, 3.8) is 0 Å². The highest BCUT2D eigenvalue weighted by Crippen LogP contribution is 2.10. The third kappa shape index (κ3) is 4.61. The molecule has 0 saturated heterocycles. The van der Waals surface area contributed by atoms with Gasteiger partial charge in [-0.3, -0.25) is 4.79 Å². The maximum atomic E-state index is 10.9. The smallest absolute Gasteiger partial charge is 0.234 e. The summed E-state index contributed by atoms with van der Waals surface area (Å²) < 4.78 is 1.04. The second kappa shape index (κ2) is 6.20. The Morgan fingerprint density at radius 3 is 2.67 bits per heavy atom. The number of benzene rings is 1. The highest BCUT2D eigenvalue weighted by Gasteiger charge is 1.98. The van der Waals surface area contributed by atoms with Crippen LogP contribution in [0.1, 0.15) is 12.0 Å². The van der Waals surface area contributed by atoms with E-state index in [1.54, 1.807) is 6.07 Å². The van der Waals surface area contributed by atoms with Crippen LogP contribution in [-0.2, 0) is 11.2 Å². The zero-order valence-corrected chi connectivity index (χ0v) is 9.75. The first-order valence-corrected chi connectivity index (χ1v) is 5.40. The van der Waals surface area contributed by atoms with E-state index in [4.69, 9.17) is 5.26 Å². The SMILES string of the molecule is N#CCC(=O)NCCc1ccc(Br)cc1. The molecule has 0 radical (unpaired) electrons. The predicted octanol–water partition coefficient (Wildman–Crippen LogP) is 2.02. The van der Waals surface area contributed by atoms with Gasteiger partial charge in [0.2, 0.25) is 5.91 Å². The first kappa shape index (κ1) is 11.7. The number of hydrogen-bond acceptors (Lipinski definition) is 2. The molecule has 0 saturated carbocycles. The van der Waals surface area contributed by atoms with Crippen molar-refractivity contribution in [3.05, 3.63) is 34.3 Å². The molecule has 15 heavy (non-hydrogen) atoms. The average Bonchev–Trinajstić information content (AvgIpc) is 2.21. The topological polar surface area (TPSA) is 52.9 Å². The first-order chi connectivity index (χ1) is 7.22. The molecule has 1 aromatic rings. The average molecular weight is 267 g/mol. The molecule has 1 amide bonds. The van der Waals surface area contributed by atoms with E-state index in [2.05, 4.69) is 21.2 Å². The molecular weight excluding hydrogens is 256 g/mol. The molecule has 0 atom stereocenters. The van der Waals surface area contributed by atoms with Crippen LogP contribution in [0.4, 0.5) is 0 Å². The third-order valence-electron chi connectivity index (χ3n) is 1.89. The van der Waals surface area contributed by atoms with Crippen LogP contribution in [0.25, 0.3) is 0 Å². The molecule has 0 heterocycles. The number of nitrogens with one attached hydrogen (secondary N) is 1. The molecule has 78 valence electrons. The van der Waals surface area contributed by atoms with Crippen molar-refractivity contribution in [3.8, 4) is 6.07 Å². The molecule has 0 aliphatic heterocycles. The monoisotopic (exact) mass is 266 g/mol. The van der Waals surface area contributed by atoms with E-state index < -0.39 is 0 Å². The van der Waals surface area contributed by atoms with Gasteiger partial charge in [0.1, 0.15) is 6.42 Å². The van der Waals surface area contributed by atoms with Crippen LogP contribution in [0.5, 0.6) is 0 Å². The second-order valence-corrected chi connectivity index (χ2v) is 3.98. The largest absolute Gasteiger partial charge is 0.355 e. The van der Waals surface area contributed by atoms with Crippen molar-refractivity contribution < 1.29 is 4.79 Å². The number of halogens is 1. The number of nitrogens with zero attached hydrogens (tertiary/aromatic N) is 1. The highest BCUT2D eigenvalue weighted by molar-refractivity contribution is 9.10. The molecule has 0 unspecified atom stereocenters. The maximum absolute atomic E-state index is 10.9. The standard InChI is InChI=1S/C11H11BrN2O/c12-10-3-1-9(2-4-10)6-8-14-11(15)5-7-13/h1-4H,5-6,8H2,(H,14,15). The summed E-state index contributed by atoms with van der Waals surface area (Å²) in [4.78, 5) is 10.9. The minimum Gasteiger partial charge on any atom is -0.355 e. The number of rotatable bonds is 4. The lowest BCUT2D eigenvalue weighted by molar-refractivity contribution is -0.120. The lowest BCUT2D eigenvalue weighted by Gasteiger charge is -2.03. The normalized spacial score (nSPS) is 9.33. The molecular formula is C11H11BrN2O. The Morgan fingerprint density at radius 2 is 2.07 bits per heavy atom. The van der Waals surface area contributed by atoms with Crippen molar-refractivity contribution in [2.75, 3.05) is 6.54 Å². The Hall–Kier alpha value is -1.34. The molecule has 3 nitrogen and oxygen atoms in total. The molecule has 4 heteroatoms. The van der Waals surface area contributed by atoms with Crippen LogP contribution >= 0.6 is 15.9 Å². The van der Waals surface area contributed by atoms with Crippen molar-refractivity contribution in [2.45, 2.75) is 12.8 Å². The third-order valence-corrected chi connectivity index (χ3v) is 2.42. The maximum Gasteiger partial charge on any atom is 0.234 e. The summed E-state index contributed by atoms with van der Waals surface area (Å²) in [5, 5.41) is 10.9. The van der Waals surface area contributed by atoms with E-state index in [-0.39, 0.29) is 12.3 Å². The van der Waals surface area contributed by atoms with Gasteiger partial charge in [0.25, 0.3) is 0 Å². The van der Waals surface area contributed by atoms with Gasteiger partial charge in [0, 0.05) is 11.0 Å². The zero-order valence-electron chi connectivity index (χ0n) is 8.16. The lowest BCUT2D eigenvalue weighted by atomic mass is 10.1. The number of amides is 1. The molecule has 0 spiro atoms. The van der Waals surface area contributed by atoms with E-state index in [1.807, 2.05) is 24.3 Å². The van der Waals surface area contributed by atoms with Gasteiger partial charge in [0.15, 0.2) is 0 Å². The molecule has 0 fully saturated rings. The van der Waals surface area contributed by atoms with Crippen LogP contribution in [0.3, 0.4) is 0 Å². The summed E-state index contributed by atoms with van der Waals surface area (Å²) in [7, 11) is 0. The van der Waals surface area contributed by atoms with Gasteiger partial charge in [-0.15, -0.1) is 0 Å². The first-order valence-electron chi connectivity index (χ1n) is 4.60. The summed E-state index contributed by atoms with van der Waals surface area (Å²) in [6.45, 7) is 0.572. The number of carbonyl (C=O) groups excluding carboxylic acids is 1. The molecule has 0 aliphatic carbocycles. The highest BCUT2D eigenvalue weighted by atomic mass is 79.9. The fourth-order valence-electron chi connectivity index (χ4n) is 1.13. The van der Waals surface area contributed by atoms with Crippen LogP contribution in [0, 0.1) is 11.3 Å².